The highest BCUT2D eigenvalue weighted by Crippen LogP contribution is 2.24. The number of aromatic nitrogens is 2. The summed E-state index contributed by atoms with van der Waals surface area (Å²) in [5.74, 6) is 0. The molecule has 3 nitrogen and oxygen atoms in total. The molecule has 0 unspecified atom stereocenters. The molecule has 1 heterocycles. The molecule has 0 fully saturated rings. The smallest absolute Gasteiger partial charge is 0.0923 e. The number of aryl methyl sites for hydroxylation is 1. The van der Waals surface area contributed by atoms with Gasteiger partial charge in [0.1, 0.15) is 0 Å². The number of fused-ring (bicyclic) bond motifs is 1. The van der Waals surface area contributed by atoms with Gasteiger partial charge in [0.05, 0.1) is 11.1 Å². The molecule has 0 aliphatic heterocycles. The van der Waals surface area contributed by atoms with Gasteiger partial charge in [0, 0.05) is 11.1 Å². The largest absolute Gasteiger partial charge is 0.386 e. The van der Waals surface area contributed by atoms with Crippen LogP contribution < -0.4 is 0 Å². The first-order valence-corrected chi connectivity index (χ1v) is 4.66. The second-order valence-electron chi connectivity index (χ2n) is 4.14. The summed E-state index contributed by atoms with van der Waals surface area (Å²) in [5, 5.41) is 18.0. The van der Waals surface area contributed by atoms with Crippen molar-refractivity contribution in [3.8, 4) is 0 Å². The molecule has 2 rings (SSSR count). The Bertz CT molecular complexity index is 466. The topological polar surface area (TPSA) is 48.9 Å². The third kappa shape index (κ3) is 1.40. The lowest BCUT2D eigenvalue weighted by molar-refractivity contribution is 0.0787. The maximum absolute atomic E-state index is 9.85. The molecule has 14 heavy (non-hydrogen) atoms. The van der Waals surface area contributed by atoms with Gasteiger partial charge in [0.2, 0.25) is 0 Å². The Hall–Kier alpha value is -1.35. The van der Waals surface area contributed by atoms with Gasteiger partial charge in [0.25, 0.3) is 0 Å². The van der Waals surface area contributed by atoms with Crippen LogP contribution in [0, 0.1) is 6.92 Å². The predicted molar refractivity (Wildman–Crippen MR) is 56.1 cm³/mol. The summed E-state index contributed by atoms with van der Waals surface area (Å²) in [5.41, 5.74) is 2.09. The molecule has 0 atom stereocenters. The molecule has 74 valence electrons. The van der Waals surface area contributed by atoms with E-state index in [1.165, 1.54) is 0 Å². The lowest BCUT2D eigenvalue weighted by Gasteiger charge is -2.17. The van der Waals surface area contributed by atoms with Gasteiger partial charge >= 0.3 is 0 Å². The Kier molecular flexibility index (Phi) is 1.86. The quantitative estimate of drug-likeness (QED) is 0.723. The Balaban J connectivity index is 2.66. The molecule has 0 spiro atoms. The van der Waals surface area contributed by atoms with Crippen LogP contribution in [0.25, 0.3) is 10.9 Å². The molecule has 0 saturated carbocycles. The van der Waals surface area contributed by atoms with Crippen LogP contribution in [0.1, 0.15) is 25.1 Å². The third-order valence-electron chi connectivity index (χ3n) is 2.45. The van der Waals surface area contributed by atoms with Gasteiger partial charge in [-0.05, 0) is 38.5 Å². The molecule has 2 N–H and O–H groups in total. The Morgan fingerprint density at radius 1 is 1.36 bits per heavy atom. The highest BCUT2D eigenvalue weighted by Gasteiger charge is 2.16. The number of nitrogens with one attached hydrogen (secondary N) is 1. The van der Waals surface area contributed by atoms with E-state index in [2.05, 4.69) is 10.2 Å². The molecule has 0 radical (unpaired) electrons. The number of nitrogens with zero attached hydrogens (tertiary/aromatic N) is 1. The minimum atomic E-state index is -0.794. The average molecular weight is 190 g/mol. The van der Waals surface area contributed by atoms with Crippen molar-refractivity contribution in [2.45, 2.75) is 26.4 Å². The van der Waals surface area contributed by atoms with Crippen LogP contribution in [0.5, 0.6) is 0 Å². The summed E-state index contributed by atoms with van der Waals surface area (Å²) in [6.07, 6.45) is 0. The van der Waals surface area contributed by atoms with Gasteiger partial charge in [-0.15, -0.1) is 0 Å². The van der Waals surface area contributed by atoms with Crippen LogP contribution in [-0.2, 0) is 5.60 Å². The summed E-state index contributed by atoms with van der Waals surface area (Å²) in [4.78, 5) is 0. The first kappa shape index (κ1) is 9.21. The van der Waals surface area contributed by atoms with E-state index in [0.717, 1.165) is 22.2 Å². The van der Waals surface area contributed by atoms with Crippen molar-refractivity contribution in [2.75, 3.05) is 0 Å². The lowest BCUT2D eigenvalue weighted by Crippen LogP contribution is -2.14. The fourth-order valence-corrected chi connectivity index (χ4v) is 1.52. The molecule has 1 aromatic heterocycles. The normalized spacial score (nSPS) is 12.3. The van der Waals surface area contributed by atoms with E-state index >= 15 is 0 Å². The second-order valence-corrected chi connectivity index (χ2v) is 4.14. The molecule has 0 bridgehead atoms. The molecule has 3 heteroatoms. The predicted octanol–water partition coefficient (Wildman–Crippen LogP) is 2.10. The molecule has 0 aliphatic rings. The van der Waals surface area contributed by atoms with Gasteiger partial charge in [-0.1, -0.05) is 6.07 Å². The molecule has 2 aromatic rings. The fraction of sp³-hybridized carbons (Fsp3) is 0.364. The zero-order valence-electron chi connectivity index (χ0n) is 8.63. The molecular weight excluding hydrogens is 176 g/mol. The van der Waals surface area contributed by atoms with Crippen molar-refractivity contribution >= 4 is 10.9 Å². The van der Waals surface area contributed by atoms with E-state index in [0.29, 0.717) is 0 Å². The third-order valence-corrected chi connectivity index (χ3v) is 2.45. The highest BCUT2D eigenvalue weighted by molar-refractivity contribution is 5.81. The van der Waals surface area contributed by atoms with Crippen LogP contribution in [0.2, 0.25) is 0 Å². The standard InChI is InChI=1S/C11H14N2O/c1-7-9-6-8(11(2,3)14)4-5-10(9)13-12-7/h4-6,14H,1-3H3,(H,12,13). The minimum Gasteiger partial charge on any atom is -0.386 e. The summed E-state index contributed by atoms with van der Waals surface area (Å²) < 4.78 is 0. The van der Waals surface area contributed by atoms with Crippen molar-refractivity contribution in [3.05, 3.63) is 29.5 Å². The molecule has 0 amide bonds. The van der Waals surface area contributed by atoms with E-state index in [4.69, 9.17) is 0 Å². The molecule has 1 aromatic carbocycles. The fourth-order valence-electron chi connectivity index (χ4n) is 1.52. The van der Waals surface area contributed by atoms with E-state index in [1.54, 1.807) is 13.8 Å². The van der Waals surface area contributed by atoms with Crippen LogP contribution >= 0.6 is 0 Å². The van der Waals surface area contributed by atoms with Crippen molar-refractivity contribution in [3.63, 3.8) is 0 Å². The first-order chi connectivity index (χ1) is 6.48. The number of hydrogen-bond acceptors (Lipinski definition) is 2. The Morgan fingerprint density at radius 3 is 2.71 bits per heavy atom. The van der Waals surface area contributed by atoms with E-state index in [9.17, 15) is 5.11 Å². The summed E-state index contributed by atoms with van der Waals surface area (Å²) >= 11 is 0. The van der Waals surface area contributed by atoms with Gasteiger partial charge in [-0.3, -0.25) is 5.10 Å². The lowest BCUT2D eigenvalue weighted by atomic mass is 9.97. The van der Waals surface area contributed by atoms with E-state index in [1.807, 2.05) is 25.1 Å². The molecule has 0 saturated heterocycles. The average Bonchev–Trinajstić information content (AvgIpc) is 2.46. The van der Waals surface area contributed by atoms with Crippen molar-refractivity contribution in [2.24, 2.45) is 0 Å². The van der Waals surface area contributed by atoms with Gasteiger partial charge in [-0.2, -0.15) is 5.10 Å². The molecule has 0 aliphatic carbocycles. The van der Waals surface area contributed by atoms with Crippen LogP contribution in [0.3, 0.4) is 0 Å². The summed E-state index contributed by atoms with van der Waals surface area (Å²) in [6.45, 7) is 5.54. The summed E-state index contributed by atoms with van der Waals surface area (Å²) in [7, 11) is 0. The van der Waals surface area contributed by atoms with Crippen molar-refractivity contribution in [1.29, 1.82) is 0 Å². The zero-order valence-corrected chi connectivity index (χ0v) is 8.63. The first-order valence-electron chi connectivity index (χ1n) is 4.66. The Labute approximate surface area is 82.8 Å². The highest BCUT2D eigenvalue weighted by atomic mass is 16.3. The van der Waals surface area contributed by atoms with E-state index in [-0.39, 0.29) is 0 Å². The van der Waals surface area contributed by atoms with Crippen LogP contribution in [0.4, 0.5) is 0 Å². The number of aliphatic hydroxyl groups is 1. The SMILES string of the molecule is Cc1[nH]nc2ccc(C(C)(C)O)cc12. The van der Waals surface area contributed by atoms with E-state index < -0.39 is 5.60 Å². The number of H-pyrrole nitrogens is 1. The van der Waals surface area contributed by atoms with Crippen molar-refractivity contribution in [1.82, 2.24) is 10.2 Å². The van der Waals surface area contributed by atoms with Gasteiger partial charge in [-0.25, -0.2) is 0 Å². The van der Waals surface area contributed by atoms with Gasteiger partial charge < -0.3 is 5.11 Å². The van der Waals surface area contributed by atoms with Crippen molar-refractivity contribution < 1.29 is 5.11 Å². The Morgan fingerprint density at radius 2 is 2.07 bits per heavy atom. The number of rotatable bonds is 1. The van der Waals surface area contributed by atoms with Crippen LogP contribution in [0.15, 0.2) is 18.2 Å². The maximum atomic E-state index is 9.85. The number of aromatic amines is 1. The summed E-state index contributed by atoms with van der Waals surface area (Å²) in [6, 6.07) is 5.81. The second kappa shape index (κ2) is 2.82. The maximum Gasteiger partial charge on any atom is 0.0923 e. The zero-order chi connectivity index (χ0) is 10.3. The number of benzene rings is 1. The van der Waals surface area contributed by atoms with Crippen LogP contribution in [-0.4, -0.2) is 15.3 Å². The molecular formula is C11H14N2O. The number of hydrogen-bond donors (Lipinski definition) is 2. The minimum absolute atomic E-state index is 0.794. The van der Waals surface area contributed by atoms with Gasteiger partial charge in [0.15, 0.2) is 0 Å². The monoisotopic (exact) mass is 190 g/mol.